The summed E-state index contributed by atoms with van der Waals surface area (Å²) in [6, 6.07) is 9.88. The van der Waals surface area contributed by atoms with E-state index < -0.39 is 5.60 Å². The molecule has 0 heterocycles. The first-order valence-corrected chi connectivity index (χ1v) is 6.55. The van der Waals surface area contributed by atoms with Crippen molar-refractivity contribution in [1.82, 2.24) is 4.90 Å². The monoisotopic (exact) mass is 265 g/mol. The zero-order valence-corrected chi connectivity index (χ0v) is 11.9. The maximum atomic E-state index is 11.6. The first kappa shape index (κ1) is 15.7. The van der Waals surface area contributed by atoms with Crippen molar-refractivity contribution in [2.24, 2.45) is 0 Å². The van der Waals surface area contributed by atoms with Gasteiger partial charge in [-0.2, -0.15) is 0 Å². The van der Waals surface area contributed by atoms with Gasteiger partial charge in [0.1, 0.15) is 0 Å². The Morgan fingerprint density at radius 2 is 1.95 bits per heavy atom. The summed E-state index contributed by atoms with van der Waals surface area (Å²) in [5.41, 5.74) is 0.261. The minimum absolute atomic E-state index is 0.187. The molecule has 0 aliphatic carbocycles. The van der Waals surface area contributed by atoms with E-state index in [9.17, 15) is 9.90 Å². The fourth-order valence-corrected chi connectivity index (χ4v) is 1.95. The number of esters is 1. The smallest absolute Gasteiger partial charge is 0.320 e. The van der Waals surface area contributed by atoms with Crippen LogP contribution in [-0.4, -0.2) is 41.3 Å². The van der Waals surface area contributed by atoms with Crippen LogP contribution in [0.3, 0.4) is 0 Å². The van der Waals surface area contributed by atoms with Crippen molar-refractivity contribution in [3.05, 3.63) is 35.9 Å². The predicted octanol–water partition coefficient (Wildman–Crippen LogP) is 1.82. The molecule has 0 spiro atoms. The molecule has 106 valence electrons. The standard InChI is InChI=1S/C15H23NO3/c1-4-19-14(17)11-16(12-15(2,3)18)10-13-8-6-5-7-9-13/h5-9,18H,4,10-12H2,1-3H3. The fraction of sp³-hybridized carbons (Fsp3) is 0.533. The molecule has 19 heavy (non-hydrogen) atoms. The van der Waals surface area contributed by atoms with Crippen molar-refractivity contribution in [3.63, 3.8) is 0 Å². The summed E-state index contributed by atoms with van der Waals surface area (Å²) < 4.78 is 4.96. The van der Waals surface area contributed by atoms with Gasteiger partial charge in [0.25, 0.3) is 0 Å². The summed E-state index contributed by atoms with van der Waals surface area (Å²) in [5, 5.41) is 9.92. The predicted molar refractivity (Wildman–Crippen MR) is 74.6 cm³/mol. The molecule has 4 heteroatoms. The van der Waals surface area contributed by atoms with Crippen molar-refractivity contribution in [2.75, 3.05) is 19.7 Å². The van der Waals surface area contributed by atoms with E-state index in [1.165, 1.54) is 0 Å². The van der Waals surface area contributed by atoms with Gasteiger partial charge in [0.15, 0.2) is 0 Å². The SMILES string of the molecule is CCOC(=O)CN(Cc1ccccc1)CC(C)(C)O. The molecule has 0 bridgehead atoms. The first-order valence-electron chi connectivity index (χ1n) is 6.55. The molecule has 0 atom stereocenters. The van der Waals surface area contributed by atoms with Gasteiger partial charge >= 0.3 is 5.97 Å². The van der Waals surface area contributed by atoms with E-state index in [0.717, 1.165) is 5.56 Å². The van der Waals surface area contributed by atoms with Gasteiger partial charge in [-0.3, -0.25) is 9.69 Å². The molecule has 1 aromatic carbocycles. The number of rotatable bonds is 7. The van der Waals surface area contributed by atoms with Crippen LogP contribution in [0.1, 0.15) is 26.3 Å². The maximum absolute atomic E-state index is 11.6. The lowest BCUT2D eigenvalue weighted by molar-refractivity contribution is -0.145. The molecule has 1 rings (SSSR count). The highest BCUT2D eigenvalue weighted by atomic mass is 16.5. The molecule has 1 aromatic rings. The van der Waals surface area contributed by atoms with Crippen molar-refractivity contribution in [1.29, 1.82) is 0 Å². The summed E-state index contributed by atoms with van der Waals surface area (Å²) >= 11 is 0. The normalized spacial score (nSPS) is 11.6. The van der Waals surface area contributed by atoms with Crippen LogP contribution in [0.5, 0.6) is 0 Å². The molecular formula is C15H23NO3. The molecular weight excluding hydrogens is 242 g/mol. The van der Waals surface area contributed by atoms with Crippen molar-refractivity contribution in [3.8, 4) is 0 Å². The summed E-state index contributed by atoms with van der Waals surface area (Å²) in [7, 11) is 0. The second-order valence-corrected chi connectivity index (χ2v) is 5.25. The number of aliphatic hydroxyl groups is 1. The Hall–Kier alpha value is -1.39. The Balaban J connectivity index is 2.66. The van der Waals surface area contributed by atoms with E-state index in [4.69, 9.17) is 4.74 Å². The zero-order chi connectivity index (χ0) is 14.3. The van der Waals surface area contributed by atoms with E-state index in [2.05, 4.69) is 0 Å². The van der Waals surface area contributed by atoms with Crippen molar-refractivity contribution < 1.29 is 14.6 Å². The molecule has 1 N–H and O–H groups in total. The molecule has 0 radical (unpaired) electrons. The van der Waals surface area contributed by atoms with Gasteiger partial charge in [-0.05, 0) is 26.3 Å². The Kier molecular flexibility index (Phi) is 5.99. The fourth-order valence-electron chi connectivity index (χ4n) is 1.95. The third kappa shape index (κ3) is 6.94. The highest BCUT2D eigenvalue weighted by Crippen LogP contribution is 2.10. The van der Waals surface area contributed by atoms with E-state index in [0.29, 0.717) is 19.7 Å². The number of ether oxygens (including phenoxy) is 1. The van der Waals surface area contributed by atoms with E-state index in [1.807, 2.05) is 35.2 Å². The van der Waals surface area contributed by atoms with Crippen LogP contribution in [0.4, 0.5) is 0 Å². The number of carbonyl (C=O) groups excluding carboxylic acids is 1. The van der Waals surface area contributed by atoms with Crippen LogP contribution in [0.25, 0.3) is 0 Å². The number of benzene rings is 1. The van der Waals surface area contributed by atoms with Gasteiger partial charge in [0.2, 0.25) is 0 Å². The van der Waals surface area contributed by atoms with Gasteiger partial charge in [-0.25, -0.2) is 0 Å². The highest BCUT2D eigenvalue weighted by Gasteiger charge is 2.20. The van der Waals surface area contributed by atoms with Crippen LogP contribution >= 0.6 is 0 Å². The third-order valence-electron chi connectivity index (χ3n) is 2.52. The largest absolute Gasteiger partial charge is 0.465 e. The third-order valence-corrected chi connectivity index (χ3v) is 2.52. The minimum atomic E-state index is -0.846. The van der Waals surface area contributed by atoms with Crippen molar-refractivity contribution in [2.45, 2.75) is 32.9 Å². The molecule has 0 amide bonds. The Morgan fingerprint density at radius 1 is 1.32 bits per heavy atom. The molecule has 4 nitrogen and oxygen atoms in total. The van der Waals surface area contributed by atoms with Crippen LogP contribution in [0.15, 0.2) is 30.3 Å². The Labute approximate surface area is 115 Å². The topological polar surface area (TPSA) is 49.8 Å². The summed E-state index contributed by atoms with van der Waals surface area (Å²) in [4.78, 5) is 13.5. The number of hydrogen-bond donors (Lipinski definition) is 1. The summed E-state index contributed by atoms with van der Waals surface area (Å²) in [5.74, 6) is -0.261. The molecule has 0 saturated heterocycles. The molecule has 0 aliphatic heterocycles. The van der Waals surface area contributed by atoms with E-state index in [-0.39, 0.29) is 12.5 Å². The number of hydrogen-bond acceptors (Lipinski definition) is 4. The molecule has 0 aromatic heterocycles. The molecule has 0 saturated carbocycles. The van der Waals surface area contributed by atoms with Crippen molar-refractivity contribution >= 4 is 5.97 Å². The Morgan fingerprint density at radius 3 is 2.47 bits per heavy atom. The van der Waals surface area contributed by atoms with Crippen LogP contribution in [-0.2, 0) is 16.1 Å². The summed E-state index contributed by atoms with van der Waals surface area (Å²) in [6.07, 6.45) is 0. The zero-order valence-electron chi connectivity index (χ0n) is 11.9. The van der Waals surface area contributed by atoms with E-state index in [1.54, 1.807) is 20.8 Å². The van der Waals surface area contributed by atoms with Crippen LogP contribution in [0, 0.1) is 0 Å². The van der Waals surface area contributed by atoms with Crippen LogP contribution < -0.4 is 0 Å². The average molecular weight is 265 g/mol. The second kappa shape index (κ2) is 7.26. The first-order chi connectivity index (χ1) is 8.90. The van der Waals surface area contributed by atoms with Gasteiger partial charge in [0.05, 0.1) is 18.8 Å². The van der Waals surface area contributed by atoms with Crippen LogP contribution in [0.2, 0.25) is 0 Å². The second-order valence-electron chi connectivity index (χ2n) is 5.25. The number of carbonyl (C=O) groups is 1. The van der Waals surface area contributed by atoms with Gasteiger partial charge in [0, 0.05) is 13.1 Å². The average Bonchev–Trinajstić information content (AvgIpc) is 2.28. The molecule has 0 fully saturated rings. The summed E-state index contributed by atoms with van der Waals surface area (Å²) in [6.45, 7) is 6.85. The highest BCUT2D eigenvalue weighted by molar-refractivity contribution is 5.71. The lowest BCUT2D eigenvalue weighted by Gasteiger charge is -2.28. The van der Waals surface area contributed by atoms with Gasteiger partial charge in [-0.15, -0.1) is 0 Å². The van der Waals surface area contributed by atoms with E-state index >= 15 is 0 Å². The molecule has 0 aliphatic rings. The van der Waals surface area contributed by atoms with Gasteiger partial charge in [-0.1, -0.05) is 30.3 Å². The minimum Gasteiger partial charge on any atom is -0.465 e. The maximum Gasteiger partial charge on any atom is 0.320 e. The Bertz CT molecular complexity index is 384. The lowest BCUT2D eigenvalue weighted by Crippen LogP contribution is -2.41. The quantitative estimate of drug-likeness (QED) is 0.764. The number of nitrogens with zero attached hydrogens (tertiary/aromatic N) is 1. The molecule has 0 unspecified atom stereocenters. The lowest BCUT2D eigenvalue weighted by atomic mass is 10.1. The van der Waals surface area contributed by atoms with Gasteiger partial charge < -0.3 is 9.84 Å².